The van der Waals surface area contributed by atoms with E-state index in [0.29, 0.717) is 23.7 Å². The van der Waals surface area contributed by atoms with Crippen LogP contribution < -0.4 is 5.73 Å². The number of hydrogen-bond acceptors (Lipinski definition) is 4. The molecule has 5 nitrogen and oxygen atoms in total. The average molecular weight is 380 g/mol. The first-order chi connectivity index (χ1) is 12.7. The van der Waals surface area contributed by atoms with Crippen molar-refractivity contribution < 1.29 is 19.7 Å². The number of carboxylic acids is 1. The molecule has 0 bridgehead atoms. The topological polar surface area (TPSA) is 92.8 Å². The molecular weight excluding hydrogens is 342 g/mol. The van der Waals surface area contributed by atoms with Crippen LogP contribution in [0.25, 0.3) is 0 Å². The second-order valence-electron chi connectivity index (χ2n) is 10.4. The van der Waals surface area contributed by atoms with Gasteiger partial charge in [0.2, 0.25) is 0 Å². The number of aliphatic hydroxyl groups excluding tert-OH is 1. The van der Waals surface area contributed by atoms with Crippen molar-refractivity contribution in [3.05, 3.63) is 0 Å². The van der Waals surface area contributed by atoms with E-state index in [2.05, 4.69) is 13.8 Å². The second-order valence-corrected chi connectivity index (χ2v) is 10.4. The van der Waals surface area contributed by atoms with Gasteiger partial charge in [0.05, 0.1) is 18.1 Å². The van der Waals surface area contributed by atoms with Crippen LogP contribution in [0.2, 0.25) is 0 Å². The Morgan fingerprint density at radius 3 is 2.44 bits per heavy atom. The zero-order valence-electron chi connectivity index (χ0n) is 17.1. The van der Waals surface area contributed by atoms with Crippen LogP contribution in [-0.4, -0.2) is 34.6 Å². The molecule has 4 saturated carbocycles. The van der Waals surface area contributed by atoms with Crippen LogP contribution in [0.3, 0.4) is 0 Å². The lowest BCUT2D eigenvalue weighted by Gasteiger charge is -2.63. The summed E-state index contributed by atoms with van der Waals surface area (Å²) < 4.78 is 6.15. The number of aliphatic carboxylic acids is 1. The van der Waals surface area contributed by atoms with Crippen LogP contribution >= 0.6 is 0 Å². The van der Waals surface area contributed by atoms with Gasteiger partial charge in [-0.2, -0.15) is 0 Å². The summed E-state index contributed by atoms with van der Waals surface area (Å²) in [5, 5.41) is 20.6. The Morgan fingerprint density at radius 2 is 1.78 bits per heavy atom. The van der Waals surface area contributed by atoms with Crippen molar-refractivity contribution in [3.63, 3.8) is 0 Å². The largest absolute Gasteiger partial charge is 0.481 e. The van der Waals surface area contributed by atoms with Gasteiger partial charge in [-0.25, -0.2) is 0 Å². The lowest BCUT2D eigenvalue weighted by molar-refractivity contribution is -0.224. The van der Waals surface area contributed by atoms with E-state index < -0.39 is 12.1 Å². The summed E-state index contributed by atoms with van der Waals surface area (Å²) in [7, 11) is 0. The quantitative estimate of drug-likeness (QED) is 0.654. The van der Waals surface area contributed by atoms with E-state index in [0.717, 1.165) is 38.5 Å². The van der Waals surface area contributed by atoms with Crippen LogP contribution in [0.5, 0.6) is 0 Å². The van der Waals surface area contributed by atoms with E-state index in [1.807, 2.05) is 6.92 Å². The summed E-state index contributed by atoms with van der Waals surface area (Å²) in [6.07, 6.45) is 7.13. The van der Waals surface area contributed by atoms with E-state index >= 15 is 0 Å². The number of carbonyl (C=O) groups is 1. The molecule has 4 rings (SSSR count). The normalized spacial score (nSPS) is 53.1. The molecule has 0 aromatic rings. The van der Waals surface area contributed by atoms with E-state index in [9.17, 15) is 15.0 Å². The predicted octanol–water partition coefficient (Wildman–Crippen LogP) is 3.39. The maximum absolute atomic E-state index is 11.9. The highest BCUT2D eigenvalue weighted by molar-refractivity contribution is 5.71. The average Bonchev–Trinajstić information content (AvgIpc) is 2.95. The molecule has 0 heterocycles. The van der Waals surface area contributed by atoms with E-state index in [-0.39, 0.29) is 29.1 Å². The highest BCUT2D eigenvalue weighted by Crippen LogP contribution is 2.67. The molecule has 0 radical (unpaired) electrons. The van der Waals surface area contributed by atoms with E-state index in [1.54, 1.807) is 0 Å². The summed E-state index contributed by atoms with van der Waals surface area (Å²) in [6.45, 7) is 6.43. The van der Waals surface area contributed by atoms with Gasteiger partial charge in [0.15, 0.2) is 0 Å². The first kappa shape index (κ1) is 19.7. The summed E-state index contributed by atoms with van der Waals surface area (Å²) in [4.78, 5) is 11.9. The highest BCUT2D eigenvalue weighted by Gasteiger charge is 2.64. The SMILES string of the molecule is CC(N)OC1[C@H](O)CC[C@@H]2CC[C@H]3[C@@H]4CC[C@H](C(=O)O)[C@@]4(C)CC[C@@H]3[C@@]12C. The number of aliphatic hydroxyl groups is 1. The van der Waals surface area contributed by atoms with Gasteiger partial charge in [-0.3, -0.25) is 4.79 Å². The molecule has 5 heteroatoms. The Kier molecular flexibility index (Phi) is 4.88. The van der Waals surface area contributed by atoms with Crippen LogP contribution in [0, 0.1) is 40.4 Å². The molecule has 4 fully saturated rings. The van der Waals surface area contributed by atoms with Gasteiger partial charge in [0.1, 0.15) is 6.23 Å². The fourth-order valence-electron chi connectivity index (χ4n) is 8.18. The summed E-state index contributed by atoms with van der Waals surface area (Å²) in [5.41, 5.74) is 5.87. The van der Waals surface area contributed by atoms with Gasteiger partial charge in [0, 0.05) is 5.41 Å². The van der Waals surface area contributed by atoms with Gasteiger partial charge in [-0.15, -0.1) is 0 Å². The van der Waals surface area contributed by atoms with Gasteiger partial charge in [-0.1, -0.05) is 13.8 Å². The number of hydrogen-bond donors (Lipinski definition) is 3. The molecule has 0 amide bonds. The lowest BCUT2D eigenvalue weighted by atomic mass is 9.44. The molecular formula is C22H37NO4. The first-order valence-corrected chi connectivity index (χ1v) is 11.0. The van der Waals surface area contributed by atoms with E-state index in [4.69, 9.17) is 10.5 Å². The van der Waals surface area contributed by atoms with Crippen molar-refractivity contribution in [2.45, 2.75) is 90.6 Å². The second kappa shape index (κ2) is 6.70. The molecule has 10 atom stereocenters. The molecule has 154 valence electrons. The molecule has 4 aliphatic carbocycles. The number of carboxylic acid groups (broad SMARTS) is 1. The number of rotatable bonds is 3. The van der Waals surface area contributed by atoms with Crippen molar-refractivity contribution in [2.24, 2.45) is 46.2 Å². The Balaban J connectivity index is 1.66. The molecule has 0 saturated heterocycles. The molecule has 2 unspecified atom stereocenters. The molecule has 0 aromatic heterocycles. The number of ether oxygens (including phenoxy) is 1. The fraction of sp³-hybridized carbons (Fsp3) is 0.955. The monoisotopic (exact) mass is 379 g/mol. The lowest BCUT2D eigenvalue weighted by Crippen LogP contribution is -2.62. The zero-order valence-corrected chi connectivity index (χ0v) is 17.1. The van der Waals surface area contributed by atoms with Crippen LogP contribution in [-0.2, 0) is 9.53 Å². The minimum atomic E-state index is -0.607. The molecule has 4 aliphatic rings. The van der Waals surface area contributed by atoms with Crippen molar-refractivity contribution in [1.82, 2.24) is 0 Å². The molecule has 27 heavy (non-hydrogen) atoms. The maximum atomic E-state index is 11.9. The van der Waals surface area contributed by atoms with Crippen LogP contribution in [0.1, 0.15) is 72.1 Å². The molecule has 0 aliphatic heterocycles. The summed E-state index contributed by atoms with van der Waals surface area (Å²) >= 11 is 0. The minimum absolute atomic E-state index is 0.0587. The molecule has 0 spiro atoms. The predicted molar refractivity (Wildman–Crippen MR) is 103 cm³/mol. The Hall–Kier alpha value is -0.650. The van der Waals surface area contributed by atoms with Gasteiger partial charge in [0.25, 0.3) is 0 Å². The maximum Gasteiger partial charge on any atom is 0.307 e. The first-order valence-electron chi connectivity index (χ1n) is 11.0. The van der Waals surface area contributed by atoms with E-state index in [1.165, 1.54) is 12.8 Å². The molecule has 0 aromatic carbocycles. The number of fused-ring (bicyclic) bond motifs is 5. The Labute approximate surface area is 163 Å². The van der Waals surface area contributed by atoms with Gasteiger partial charge >= 0.3 is 5.97 Å². The zero-order chi connectivity index (χ0) is 19.6. The van der Waals surface area contributed by atoms with Gasteiger partial charge in [-0.05, 0) is 87.4 Å². The Bertz CT molecular complexity index is 595. The third-order valence-corrected chi connectivity index (χ3v) is 9.40. The smallest absolute Gasteiger partial charge is 0.307 e. The highest BCUT2D eigenvalue weighted by atomic mass is 16.5. The van der Waals surface area contributed by atoms with Gasteiger partial charge < -0.3 is 20.7 Å². The standard InChI is InChI=1S/C22H37NO4/c1-12(23)27-19-18(24)9-5-13-4-6-14-15-7-8-17(20(25)26)21(15,2)11-10-16(14)22(13,19)3/h12-19,24H,4-11,23H2,1-3H3,(H,25,26)/t12?,13-,14-,15-,16-,17+,18+,19?,21-,22-/m0/s1. The third-order valence-electron chi connectivity index (χ3n) is 9.40. The van der Waals surface area contributed by atoms with Crippen molar-refractivity contribution in [1.29, 1.82) is 0 Å². The van der Waals surface area contributed by atoms with Crippen LogP contribution in [0.4, 0.5) is 0 Å². The van der Waals surface area contributed by atoms with Crippen LogP contribution in [0.15, 0.2) is 0 Å². The van der Waals surface area contributed by atoms with Crippen molar-refractivity contribution in [3.8, 4) is 0 Å². The summed E-state index contributed by atoms with van der Waals surface area (Å²) in [5.74, 6) is 1.32. The summed E-state index contributed by atoms with van der Waals surface area (Å²) in [6, 6.07) is 0. The third kappa shape index (κ3) is 2.79. The van der Waals surface area contributed by atoms with Crippen molar-refractivity contribution >= 4 is 5.97 Å². The minimum Gasteiger partial charge on any atom is -0.481 e. The van der Waals surface area contributed by atoms with Crippen molar-refractivity contribution in [2.75, 3.05) is 0 Å². The molecule has 4 N–H and O–H groups in total. The fourth-order valence-corrected chi connectivity index (χ4v) is 8.18. The number of nitrogens with two attached hydrogens (primary N) is 1. The Morgan fingerprint density at radius 1 is 1.07 bits per heavy atom.